The predicted octanol–water partition coefficient (Wildman–Crippen LogP) is 2.10. The molecule has 0 aliphatic carbocycles. The summed E-state index contributed by atoms with van der Waals surface area (Å²) < 4.78 is 5.57. The van der Waals surface area contributed by atoms with E-state index in [4.69, 9.17) is 4.74 Å². The van der Waals surface area contributed by atoms with Crippen LogP contribution in [0.3, 0.4) is 0 Å². The lowest BCUT2D eigenvalue weighted by Gasteiger charge is -2.38. The van der Waals surface area contributed by atoms with Crippen LogP contribution < -0.4 is 5.32 Å². The second-order valence-electron chi connectivity index (χ2n) is 8.40. The van der Waals surface area contributed by atoms with Gasteiger partial charge in [0.05, 0.1) is 13.2 Å². The molecule has 6 nitrogen and oxygen atoms in total. The number of piperidine rings is 1. The average Bonchev–Trinajstić information content (AvgIpc) is 3.11. The van der Waals surface area contributed by atoms with Gasteiger partial charge in [0, 0.05) is 51.9 Å². The van der Waals surface area contributed by atoms with Crippen molar-refractivity contribution in [3.63, 3.8) is 0 Å². The molecule has 3 atom stereocenters. The Morgan fingerprint density at radius 3 is 2.67 bits per heavy atom. The van der Waals surface area contributed by atoms with Crippen molar-refractivity contribution in [2.45, 2.75) is 51.6 Å². The van der Waals surface area contributed by atoms with Crippen molar-refractivity contribution in [3.05, 3.63) is 0 Å². The van der Waals surface area contributed by atoms with Crippen molar-refractivity contribution in [2.75, 3.05) is 66.1 Å². The fourth-order valence-corrected chi connectivity index (χ4v) is 4.76. The van der Waals surface area contributed by atoms with Gasteiger partial charge in [-0.05, 0) is 52.1 Å². The van der Waals surface area contributed by atoms with E-state index < -0.39 is 0 Å². The van der Waals surface area contributed by atoms with Crippen molar-refractivity contribution in [3.8, 4) is 0 Å². The van der Waals surface area contributed by atoms with E-state index in [0.29, 0.717) is 12.1 Å². The van der Waals surface area contributed by atoms with Gasteiger partial charge in [-0.3, -0.25) is 9.89 Å². The van der Waals surface area contributed by atoms with Gasteiger partial charge in [-0.25, -0.2) is 0 Å². The SMILES string of the molecule is CN=C(NCC(C)N1CCOCC1C)N1CCC(CN2CCCCC2)C1.I. The van der Waals surface area contributed by atoms with Gasteiger partial charge in [0.1, 0.15) is 0 Å². The Morgan fingerprint density at radius 1 is 1.19 bits per heavy atom. The number of rotatable bonds is 5. The summed E-state index contributed by atoms with van der Waals surface area (Å²) >= 11 is 0. The summed E-state index contributed by atoms with van der Waals surface area (Å²) in [7, 11) is 1.92. The van der Waals surface area contributed by atoms with E-state index in [1.54, 1.807) is 0 Å². The number of morpholine rings is 1. The van der Waals surface area contributed by atoms with Gasteiger partial charge in [0.2, 0.25) is 0 Å². The lowest BCUT2D eigenvalue weighted by atomic mass is 10.1. The number of likely N-dealkylation sites (tertiary alicyclic amines) is 2. The smallest absolute Gasteiger partial charge is 0.193 e. The summed E-state index contributed by atoms with van der Waals surface area (Å²) in [5, 5.41) is 3.63. The van der Waals surface area contributed by atoms with Gasteiger partial charge in [-0.2, -0.15) is 0 Å². The monoisotopic (exact) mass is 493 g/mol. The normalized spacial score (nSPS) is 29.4. The first kappa shape index (κ1) is 23.2. The van der Waals surface area contributed by atoms with Crippen LogP contribution in [0.15, 0.2) is 4.99 Å². The molecule has 3 saturated heterocycles. The van der Waals surface area contributed by atoms with Crippen LogP contribution in [0, 0.1) is 5.92 Å². The maximum atomic E-state index is 5.57. The number of hydrogen-bond acceptors (Lipinski definition) is 4. The first-order valence-corrected chi connectivity index (χ1v) is 10.7. The zero-order valence-electron chi connectivity index (χ0n) is 17.5. The molecule has 0 radical (unpaired) electrons. The minimum absolute atomic E-state index is 0. The molecule has 0 bridgehead atoms. The van der Waals surface area contributed by atoms with Crippen molar-refractivity contribution < 1.29 is 4.74 Å². The highest BCUT2D eigenvalue weighted by molar-refractivity contribution is 14.0. The van der Waals surface area contributed by atoms with Gasteiger partial charge in [0.25, 0.3) is 0 Å². The number of aliphatic imine (C=N–C) groups is 1. The van der Waals surface area contributed by atoms with Crippen LogP contribution in [-0.2, 0) is 4.74 Å². The number of halogens is 1. The summed E-state index contributed by atoms with van der Waals surface area (Å²) in [4.78, 5) is 12.2. The second-order valence-corrected chi connectivity index (χ2v) is 8.40. The van der Waals surface area contributed by atoms with Gasteiger partial charge >= 0.3 is 0 Å². The third-order valence-electron chi connectivity index (χ3n) is 6.30. The Bertz CT molecular complexity index is 458. The topological polar surface area (TPSA) is 43.3 Å². The highest BCUT2D eigenvalue weighted by Crippen LogP contribution is 2.20. The zero-order valence-corrected chi connectivity index (χ0v) is 19.9. The van der Waals surface area contributed by atoms with E-state index >= 15 is 0 Å². The molecular formula is C20H40IN5O. The molecule has 3 rings (SSSR count). The lowest BCUT2D eigenvalue weighted by Crippen LogP contribution is -2.53. The van der Waals surface area contributed by atoms with E-state index in [1.165, 1.54) is 45.3 Å². The lowest BCUT2D eigenvalue weighted by molar-refractivity contribution is -0.0175. The molecule has 3 unspecified atom stereocenters. The molecule has 3 heterocycles. The standard InChI is InChI=1S/C20H39N5O.HI/c1-17(25-11-12-26-16-18(25)2)13-22-20(21-3)24-10-7-19(15-24)14-23-8-5-4-6-9-23;/h17-19H,4-16H2,1-3H3,(H,21,22);1H. The molecule has 0 amide bonds. The Morgan fingerprint density at radius 2 is 1.96 bits per heavy atom. The third kappa shape index (κ3) is 6.72. The molecule has 0 aromatic carbocycles. The molecule has 0 aromatic rings. The molecule has 3 aliphatic heterocycles. The number of nitrogens with one attached hydrogen (secondary N) is 1. The number of guanidine groups is 1. The summed E-state index contributed by atoms with van der Waals surface area (Å²) in [6, 6.07) is 1.00. The molecule has 0 saturated carbocycles. The van der Waals surface area contributed by atoms with E-state index in [1.807, 2.05) is 7.05 Å². The summed E-state index contributed by atoms with van der Waals surface area (Å²) in [5.74, 6) is 1.88. The fourth-order valence-electron chi connectivity index (χ4n) is 4.76. The van der Waals surface area contributed by atoms with Crippen LogP contribution in [0.5, 0.6) is 0 Å². The Balaban J connectivity index is 0.00000261. The minimum Gasteiger partial charge on any atom is -0.379 e. The van der Waals surface area contributed by atoms with E-state index in [2.05, 4.69) is 38.9 Å². The first-order valence-electron chi connectivity index (χ1n) is 10.7. The Labute approximate surface area is 183 Å². The number of ether oxygens (including phenoxy) is 1. The molecule has 1 N–H and O–H groups in total. The van der Waals surface area contributed by atoms with Crippen LogP contribution in [0.2, 0.25) is 0 Å². The largest absolute Gasteiger partial charge is 0.379 e. The highest BCUT2D eigenvalue weighted by atomic mass is 127. The quantitative estimate of drug-likeness (QED) is 0.361. The average molecular weight is 493 g/mol. The van der Waals surface area contributed by atoms with Crippen LogP contribution in [-0.4, -0.2) is 98.8 Å². The molecule has 3 aliphatic rings. The summed E-state index contributed by atoms with van der Waals surface area (Å²) in [5.41, 5.74) is 0. The van der Waals surface area contributed by atoms with Gasteiger partial charge in [-0.15, -0.1) is 24.0 Å². The molecule has 0 spiro atoms. The molecule has 0 aromatic heterocycles. The summed E-state index contributed by atoms with van der Waals surface area (Å²) in [6.07, 6.45) is 5.49. The van der Waals surface area contributed by atoms with Crippen LogP contribution in [0.25, 0.3) is 0 Å². The van der Waals surface area contributed by atoms with Crippen molar-refractivity contribution in [1.82, 2.24) is 20.0 Å². The van der Waals surface area contributed by atoms with Crippen molar-refractivity contribution in [1.29, 1.82) is 0 Å². The van der Waals surface area contributed by atoms with Crippen LogP contribution >= 0.6 is 24.0 Å². The van der Waals surface area contributed by atoms with E-state index in [9.17, 15) is 0 Å². The van der Waals surface area contributed by atoms with Crippen LogP contribution in [0.1, 0.15) is 39.5 Å². The Kier molecular flexibility index (Phi) is 10.1. The molecule has 7 heteroatoms. The maximum Gasteiger partial charge on any atom is 0.193 e. The van der Waals surface area contributed by atoms with Gasteiger partial charge in [0.15, 0.2) is 5.96 Å². The highest BCUT2D eigenvalue weighted by Gasteiger charge is 2.28. The number of hydrogen-bond donors (Lipinski definition) is 1. The molecular weight excluding hydrogens is 453 g/mol. The zero-order chi connectivity index (χ0) is 18.4. The van der Waals surface area contributed by atoms with Crippen LogP contribution in [0.4, 0.5) is 0 Å². The molecule has 158 valence electrons. The first-order chi connectivity index (χ1) is 12.7. The second kappa shape index (κ2) is 11.8. The Hall–Kier alpha value is -0.120. The maximum absolute atomic E-state index is 5.57. The molecule has 27 heavy (non-hydrogen) atoms. The number of nitrogens with zero attached hydrogens (tertiary/aromatic N) is 4. The van der Waals surface area contributed by atoms with Crippen molar-refractivity contribution >= 4 is 29.9 Å². The van der Waals surface area contributed by atoms with Crippen molar-refractivity contribution in [2.24, 2.45) is 10.9 Å². The third-order valence-corrected chi connectivity index (χ3v) is 6.30. The van der Waals surface area contributed by atoms with E-state index in [0.717, 1.165) is 51.3 Å². The fraction of sp³-hybridized carbons (Fsp3) is 0.950. The minimum atomic E-state index is 0. The molecule has 3 fully saturated rings. The predicted molar refractivity (Wildman–Crippen MR) is 123 cm³/mol. The van der Waals surface area contributed by atoms with Gasteiger partial charge < -0.3 is 19.9 Å². The van der Waals surface area contributed by atoms with Gasteiger partial charge in [-0.1, -0.05) is 6.42 Å². The van der Waals surface area contributed by atoms with E-state index in [-0.39, 0.29) is 24.0 Å². The summed E-state index contributed by atoms with van der Waals surface area (Å²) in [6.45, 7) is 14.4.